The van der Waals surface area contributed by atoms with Crippen molar-refractivity contribution in [1.82, 2.24) is 14.8 Å². The first-order chi connectivity index (χ1) is 9.49. The van der Waals surface area contributed by atoms with Crippen LogP contribution in [-0.2, 0) is 0 Å². The first-order valence-electron chi connectivity index (χ1n) is 6.39. The molecule has 0 saturated heterocycles. The Bertz CT molecular complexity index is 566. The third-order valence-electron chi connectivity index (χ3n) is 2.62. The lowest BCUT2D eigenvalue weighted by Crippen LogP contribution is -2.30. The number of nitrogens with zero attached hydrogens (tertiary/aromatic N) is 4. The minimum absolute atomic E-state index is 0.715. The maximum Gasteiger partial charge on any atom is 0.210 e. The van der Waals surface area contributed by atoms with Crippen molar-refractivity contribution in [3.8, 4) is 5.75 Å². The fourth-order valence-corrected chi connectivity index (χ4v) is 2.27. The topological polar surface area (TPSA) is 69.4 Å². The highest BCUT2D eigenvalue weighted by Crippen LogP contribution is 2.23. The van der Waals surface area contributed by atoms with Crippen LogP contribution in [0.4, 0.5) is 0 Å². The van der Waals surface area contributed by atoms with Gasteiger partial charge in [0, 0.05) is 5.56 Å². The van der Waals surface area contributed by atoms with Crippen LogP contribution >= 0.6 is 0 Å². The molecule has 0 spiro atoms. The third kappa shape index (κ3) is 3.73. The largest absolute Gasteiger partial charge is 0.497 e. The molecule has 20 heavy (non-hydrogen) atoms. The average Bonchev–Trinajstić information content (AvgIpc) is 2.91. The predicted octanol–water partition coefficient (Wildman–Crippen LogP) is 2.85. The molecule has 106 valence electrons. The monoisotopic (exact) mass is 290 g/mol. The maximum atomic E-state index is 11.1. The van der Waals surface area contributed by atoms with Crippen LogP contribution in [0.2, 0.25) is 19.6 Å². The maximum absolute atomic E-state index is 11.1. The molecular formula is C13H18N4O2Si. The van der Waals surface area contributed by atoms with Crippen molar-refractivity contribution in [2.24, 2.45) is 5.18 Å². The lowest BCUT2D eigenvalue weighted by atomic mass is 10.1. The smallest absolute Gasteiger partial charge is 0.210 e. The second kappa shape index (κ2) is 5.95. The van der Waals surface area contributed by atoms with Crippen LogP contribution in [0.15, 0.2) is 42.1 Å². The molecule has 0 aliphatic rings. The number of aromatic nitrogens is 3. The van der Waals surface area contributed by atoms with Crippen molar-refractivity contribution in [3.05, 3.63) is 47.4 Å². The van der Waals surface area contributed by atoms with Crippen molar-refractivity contribution in [2.45, 2.75) is 25.8 Å². The van der Waals surface area contributed by atoms with Gasteiger partial charge in [-0.05, 0) is 17.3 Å². The number of rotatable bonds is 6. The summed E-state index contributed by atoms with van der Waals surface area (Å²) in [7, 11) is -1.28. The van der Waals surface area contributed by atoms with Gasteiger partial charge in [-0.25, -0.2) is 9.67 Å². The molecule has 0 amide bonds. The van der Waals surface area contributed by atoms with E-state index in [1.54, 1.807) is 0 Å². The average molecular weight is 290 g/mol. The highest BCUT2D eigenvalue weighted by molar-refractivity contribution is 6.76. The van der Waals surface area contributed by atoms with Crippen molar-refractivity contribution < 1.29 is 4.74 Å². The van der Waals surface area contributed by atoms with Gasteiger partial charge in [-0.15, -0.1) is 4.91 Å². The highest BCUT2D eigenvalue weighted by Gasteiger charge is 2.17. The summed E-state index contributed by atoms with van der Waals surface area (Å²) in [5.41, 5.74) is 0.735. The van der Waals surface area contributed by atoms with Gasteiger partial charge >= 0.3 is 0 Å². The van der Waals surface area contributed by atoms with Gasteiger partial charge in [0.15, 0.2) is 0 Å². The number of nitroso groups, excluding NO2 is 1. The van der Waals surface area contributed by atoms with Gasteiger partial charge in [0.1, 0.15) is 18.4 Å². The Kier molecular flexibility index (Phi) is 4.28. The quantitative estimate of drug-likeness (QED) is 0.606. The summed E-state index contributed by atoms with van der Waals surface area (Å²) in [5.74, 6) is 0.749. The van der Waals surface area contributed by atoms with Crippen LogP contribution in [-0.4, -0.2) is 29.1 Å². The molecule has 1 aromatic carbocycles. The lowest BCUT2D eigenvalue weighted by molar-refractivity contribution is 0.376. The Labute approximate surface area is 118 Å². The summed E-state index contributed by atoms with van der Waals surface area (Å²) in [6.07, 6.45) is 2.87. The molecule has 6 nitrogen and oxygen atoms in total. The van der Waals surface area contributed by atoms with E-state index in [1.807, 2.05) is 24.3 Å². The summed E-state index contributed by atoms with van der Waals surface area (Å²) < 4.78 is 7.22. The Morgan fingerprint density at radius 1 is 1.40 bits per heavy atom. The van der Waals surface area contributed by atoms with E-state index in [4.69, 9.17) is 4.74 Å². The Hall–Kier alpha value is -2.02. The zero-order valence-corrected chi connectivity index (χ0v) is 12.9. The number of hydrogen-bond donors (Lipinski definition) is 0. The zero-order valence-electron chi connectivity index (χ0n) is 11.9. The first kappa shape index (κ1) is 14.4. The molecule has 0 saturated carbocycles. The lowest BCUT2D eigenvalue weighted by Gasteiger charge is -2.17. The summed E-state index contributed by atoms with van der Waals surface area (Å²) in [5, 5.41) is 7.07. The first-order valence-corrected chi connectivity index (χ1v) is 10.1. The van der Waals surface area contributed by atoms with Gasteiger partial charge in [-0.1, -0.05) is 31.8 Å². The van der Waals surface area contributed by atoms with E-state index in [1.165, 1.54) is 17.3 Å². The van der Waals surface area contributed by atoms with E-state index in [2.05, 4.69) is 34.9 Å². The van der Waals surface area contributed by atoms with E-state index in [9.17, 15) is 4.91 Å². The molecule has 0 fully saturated rings. The molecule has 1 aromatic heterocycles. The summed E-state index contributed by atoms with van der Waals surface area (Å²) in [4.78, 5) is 14.9. The van der Waals surface area contributed by atoms with Crippen LogP contribution < -0.4 is 4.74 Å². The zero-order chi connectivity index (χ0) is 14.6. The fourth-order valence-electron chi connectivity index (χ4n) is 1.67. The second-order valence-electron chi connectivity index (χ2n) is 5.78. The SMILES string of the molecule is C[Si](C)(C)COc1cccc(C(N=O)n2cncn2)c1. The van der Waals surface area contributed by atoms with Gasteiger partial charge in [-0.3, -0.25) is 0 Å². The molecule has 1 atom stereocenters. The molecular weight excluding hydrogens is 272 g/mol. The molecule has 0 bridgehead atoms. The van der Waals surface area contributed by atoms with Gasteiger partial charge in [-0.2, -0.15) is 5.10 Å². The molecule has 2 aromatic rings. The number of benzene rings is 1. The van der Waals surface area contributed by atoms with Gasteiger partial charge in [0.2, 0.25) is 6.17 Å². The molecule has 1 heterocycles. The van der Waals surface area contributed by atoms with Gasteiger partial charge in [0.05, 0.1) is 14.3 Å². The summed E-state index contributed by atoms with van der Waals surface area (Å²) >= 11 is 0. The predicted molar refractivity (Wildman–Crippen MR) is 79.2 cm³/mol. The fraction of sp³-hybridized carbons (Fsp3) is 0.385. The van der Waals surface area contributed by atoms with Crippen molar-refractivity contribution >= 4 is 8.07 Å². The van der Waals surface area contributed by atoms with E-state index < -0.39 is 14.2 Å². The minimum Gasteiger partial charge on any atom is -0.497 e. The Morgan fingerprint density at radius 3 is 2.80 bits per heavy atom. The van der Waals surface area contributed by atoms with Crippen molar-refractivity contribution in [2.75, 3.05) is 6.23 Å². The Morgan fingerprint density at radius 2 is 2.20 bits per heavy atom. The molecule has 7 heteroatoms. The van der Waals surface area contributed by atoms with Crippen molar-refractivity contribution in [3.63, 3.8) is 0 Å². The van der Waals surface area contributed by atoms with Crippen LogP contribution in [0, 0.1) is 4.91 Å². The molecule has 0 radical (unpaired) electrons. The van der Waals surface area contributed by atoms with E-state index in [0.29, 0.717) is 0 Å². The Balaban J connectivity index is 2.18. The van der Waals surface area contributed by atoms with E-state index >= 15 is 0 Å². The highest BCUT2D eigenvalue weighted by atomic mass is 28.3. The van der Waals surface area contributed by atoms with Crippen LogP contribution in [0.1, 0.15) is 11.7 Å². The van der Waals surface area contributed by atoms with Crippen LogP contribution in [0.3, 0.4) is 0 Å². The van der Waals surface area contributed by atoms with E-state index in [0.717, 1.165) is 17.5 Å². The van der Waals surface area contributed by atoms with Crippen molar-refractivity contribution in [1.29, 1.82) is 0 Å². The van der Waals surface area contributed by atoms with Gasteiger partial charge < -0.3 is 4.74 Å². The molecule has 0 N–H and O–H groups in total. The molecule has 0 aliphatic carbocycles. The third-order valence-corrected chi connectivity index (χ3v) is 3.63. The molecule has 0 aliphatic heterocycles. The summed E-state index contributed by atoms with van der Waals surface area (Å²) in [6.45, 7) is 6.71. The standard InChI is InChI=1S/C13H18N4O2Si/c1-20(2,3)10-19-12-6-4-5-11(7-12)13(16-18)17-9-14-8-15-17/h4-9,13H,10H2,1-3H3. The van der Waals surface area contributed by atoms with Crippen LogP contribution in [0.5, 0.6) is 5.75 Å². The summed E-state index contributed by atoms with van der Waals surface area (Å²) in [6, 6.07) is 7.39. The molecule has 2 rings (SSSR count). The second-order valence-corrected chi connectivity index (χ2v) is 11.2. The minimum atomic E-state index is -1.28. The molecule has 1 unspecified atom stereocenters. The normalized spacial score (nSPS) is 12.9. The number of ether oxygens (including phenoxy) is 1. The van der Waals surface area contributed by atoms with E-state index in [-0.39, 0.29) is 0 Å². The van der Waals surface area contributed by atoms with Crippen LogP contribution in [0.25, 0.3) is 0 Å². The van der Waals surface area contributed by atoms with Gasteiger partial charge in [0.25, 0.3) is 0 Å². The number of hydrogen-bond acceptors (Lipinski definition) is 5.